The summed E-state index contributed by atoms with van der Waals surface area (Å²) < 4.78 is 5.09. The van der Waals surface area contributed by atoms with E-state index in [0.29, 0.717) is 0 Å². The van der Waals surface area contributed by atoms with Crippen LogP contribution in [-0.2, 0) is 11.2 Å². The van der Waals surface area contributed by atoms with Gasteiger partial charge in [-0.2, -0.15) is 0 Å². The lowest BCUT2D eigenvalue weighted by molar-refractivity contribution is 0.202. The molecule has 0 fully saturated rings. The molecule has 0 bridgehead atoms. The summed E-state index contributed by atoms with van der Waals surface area (Å²) in [4.78, 5) is 0. The van der Waals surface area contributed by atoms with E-state index < -0.39 is 0 Å². The van der Waals surface area contributed by atoms with Crippen molar-refractivity contribution in [2.45, 2.75) is 6.42 Å². The quantitative estimate of drug-likeness (QED) is 0.753. The monoisotopic (exact) mass is 212 g/mol. The molecule has 0 unspecified atom stereocenters. The second kappa shape index (κ2) is 5.47. The van der Waals surface area contributed by atoms with Gasteiger partial charge in [0.25, 0.3) is 0 Å². The molecule has 0 heterocycles. The normalized spacial score (nSPS) is 10.3. The number of methoxy groups -OCH3 is 1. The zero-order valence-electron chi connectivity index (χ0n) is 9.52. The smallest absolute Gasteiger partial charge is 0.0502 e. The van der Waals surface area contributed by atoms with Gasteiger partial charge >= 0.3 is 0 Å². The van der Waals surface area contributed by atoms with E-state index in [9.17, 15) is 0 Å². The van der Waals surface area contributed by atoms with Crippen molar-refractivity contribution in [3.63, 3.8) is 0 Å². The fourth-order valence-corrected chi connectivity index (χ4v) is 1.76. The Balaban J connectivity index is 2.22. The Hall–Kier alpha value is -1.60. The molecule has 1 nitrogen and oxygen atoms in total. The molecule has 0 saturated carbocycles. The molecule has 0 N–H and O–H groups in total. The second-order valence-corrected chi connectivity index (χ2v) is 3.81. The molecule has 0 aliphatic rings. The molecular formula is C15H16O. The molecule has 0 aromatic heterocycles. The van der Waals surface area contributed by atoms with Crippen LogP contribution in [-0.4, -0.2) is 13.7 Å². The fraction of sp³-hybridized carbons (Fsp3) is 0.200. The first-order valence-corrected chi connectivity index (χ1v) is 5.53. The highest BCUT2D eigenvalue weighted by Crippen LogP contribution is 2.20. The number of benzene rings is 2. The third-order valence-corrected chi connectivity index (χ3v) is 2.63. The van der Waals surface area contributed by atoms with Crippen LogP contribution < -0.4 is 0 Å². The van der Waals surface area contributed by atoms with Crippen LogP contribution >= 0.6 is 0 Å². The molecule has 0 atom stereocenters. The van der Waals surface area contributed by atoms with Crippen molar-refractivity contribution in [1.29, 1.82) is 0 Å². The summed E-state index contributed by atoms with van der Waals surface area (Å²) in [6, 6.07) is 19.1. The Bertz CT molecular complexity index is 434. The van der Waals surface area contributed by atoms with Crippen LogP contribution in [0.4, 0.5) is 0 Å². The van der Waals surface area contributed by atoms with Crippen molar-refractivity contribution < 1.29 is 4.74 Å². The van der Waals surface area contributed by atoms with Crippen LogP contribution in [0.3, 0.4) is 0 Å². The summed E-state index contributed by atoms with van der Waals surface area (Å²) in [7, 11) is 1.74. The highest BCUT2D eigenvalue weighted by molar-refractivity contribution is 5.63. The van der Waals surface area contributed by atoms with Crippen molar-refractivity contribution in [2.24, 2.45) is 0 Å². The van der Waals surface area contributed by atoms with E-state index in [1.165, 1.54) is 16.7 Å². The van der Waals surface area contributed by atoms with Crippen LogP contribution in [0, 0.1) is 0 Å². The van der Waals surface area contributed by atoms with E-state index >= 15 is 0 Å². The van der Waals surface area contributed by atoms with Gasteiger partial charge < -0.3 is 4.74 Å². The molecular weight excluding hydrogens is 196 g/mol. The summed E-state index contributed by atoms with van der Waals surface area (Å²) >= 11 is 0. The van der Waals surface area contributed by atoms with E-state index in [0.717, 1.165) is 13.0 Å². The van der Waals surface area contributed by atoms with E-state index in [1.54, 1.807) is 7.11 Å². The molecule has 0 spiro atoms. The molecule has 16 heavy (non-hydrogen) atoms. The maximum atomic E-state index is 5.09. The largest absolute Gasteiger partial charge is 0.384 e. The molecule has 0 aliphatic carbocycles. The second-order valence-electron chi connectivity index (χ2n) is 3.81. The molecule has 0 amide bonds. The van der Waals surface area contributed by atoms with Gasteiger partial charge in [0.1, 0.15) is 0 Å². The molecule has 0 saturated heterocycles. The molecule has 2 aromatic carbocycles. The Labute approximate surface area is 96.7 Å². The van der Waals surface area contributed by atoms with Gasteiger partial charge in [-0.15, -0.1) is 0 Å². The molecule has 1 heteroatoms. The van der Waals surface area contributed by atoms with Crippen LogP contribution in [0.15, 0.2) is 54.6 Å². The third-order valence-electron chi connectivity index (χ3n) is 2.63. The number of hydrogen-bond acceptors (Lipinski definition) is 1. The minimum absolute atomic E-state index is 0.776. The maximum absolute atomic E-state index is 5.09. The Morgan fingerprint density at radius 2 is 1.62 bits per heavy atom. The van der Waals surface area contributed by atoms with E-state index in [1.807, 2.05) is 6.07 Å². The lowest BCUT2D eigenvalue weighted by Crippen LogP contribution is -1.94. The number of hydrogen-bond donors (Lipinski definition) is 0. The van der Waals surface area contributed by atoms with Gasteiger partial charge in [0.15, 0.2) is 0 Å². The third kappa shape index (κ3) is 2.71. The SMILES string of the molecule is COCCc1cccc(-c2ccccc2)c1. The zero-order valence-corrected chi connectivity index (χ0v) is 9.52. The van der Waals surface area contributed by atoms with Gasteiger partial charge in [-0.1, -0.05) is 54.6 Å². The predicted octanol–water partition coefficient (Wildman–Crippen LogP) is 3.54. The summed E-state index contributed by atoms with van der Waals surface area (Å²) in [5, 5.41) is 0. The average molecular weight is 212 g/mol. The van der Waals surface area contributed by atoms with Crippen molar-refractivity contribution in [1.82, 2.24) is 0 Å². The molecule has 2 aromatic rings. The van der Waals surface area contributed by atoms with Gasteiger partial charge in [-0.3, -0.25) is 0 Å². The van der Waals surface area contributed by atoms with Gasteiger partial charge in [0.2, 0.25) is 0 Å². The minimum Gasteiger partial charge on any atom is -0.384 e. The Morgan fingerprint density at radius 3 is 2.38 bits per heavy atom. The van der Waals surface area contributed by atoms with Crippen LogP contribution in [0.25, 0.3) is 11.1 Å². The summed E-state index contributed by atoms with van der Waals surface area (Å²) in [6.07, 6.45) is 0.969. The van der Waals surface area contributed by atoms with Gasteiger partial charge in [0, 0.05) is 7.11 Å². The average Bonchev–Trinajstić information content (AvgIpc) is 2.38. The molecule has 82 valence electrons. The number of rotatable bonds is 4. The molecule has 0 aliphatic heterocycles. The summed E-state index contributed by atoms with van der Waals surface area (Å²) in [5.41, 5.74) is 3.86. The first-order valence-electron chi connectivity index (χ1n) is 5.53. The van der Waals surface area contributed by atoms with Gasteiger partial charge in [0.05, 0.1) is 6.61 Å². The topological polar surface area (TPSA) is 9.23 Å². The highest BCUT2D eigenvalue weighted by atomic mass is 16.5. The van der Waals surface area contributed by atoms with Crippen molar-refractivity contribution >= 4 is 0 Å². The zero-order chi connectivity index (χ0) is 11.2. The fourth-order valence-electron chi connectivity index (χ4n) is 1.76. The van der Waals surface area contributed by atoms with Crippen LogP contribution in [0.5, 0.6) is 0 Å². The summed E-state index contributed by atoms with van der Waals surface area (Å²) in [5.74, 6) is 0. The highest BCUT2D eigenvalue weighted by Gasteiger charge is 1.98. The standard InChI is InChI=1S/C15H16O/c1-16-11-10-13-6-5-9-15(12-13)14-7-3-2-4-8-14/h2-9,12H,10-11H2,1H3. The van der Waals surface area contributed by atoms with E-state index in [2.05, 4.69) is 48.5 Å². The summed E-state index contributed by atoms with van der Waals surface area (Å²) in [6.45, 7) is 0.776. The van der Waals surface area contributed by atoms with Crippen LogP contribution in [0.2, 0.25) is 0 Å². The van der Waals surface area contributed by atoms with E-state index in [4.69, 9.17) is 4.74 Å². The maximum Gasteiger partial charge on any atom is 0.0502 e. The minimum atomic E-state index is 0.776. The van der Waals surface area contributed by atoms with Gasteiger partial charge in [-0.05, 0) is 23.1 Å². The predicted molar refractivity (Wildman–Crippen MR) is 67.5 cm³/mol. The molecule has 0 radical (unpaired) electrons. The van der Waals surface area contributed by atoms with Gasteiger partial charge in [-0.25, -0.2) is 0 Å². The van der Waals surface area contributed by atoms with Crippen molar-refractivity contribution in [3.8, 4) is 11.1 Å². The molecule has 2 rings (SSSR count). The lowest BCUT2D eigenvalue weighted by Gasteiger charge is -2.05. The first-order chi connectivity index (χ1) is 7.90. The van der Waals surface area contributed by atoms with E-state index in [-0.39, 0.29) is 0 Å². The first kappa shape index (κ1) is 10.9. The Kier molecular flexibility index (Phi) is 3.73. The number of ether oxygens (including phenoxy) is 1. The van der Waals surface area contributed by atoms with Crippen molar-refractivity contribution in [2.75, 3.05) is 13.7 Å². The Morgan fingerprint density at radius 1 is 0.875 bits per heavy atom. The lowest BCUT2D eigenvalue weighted by atomic mass is 10.0. The van der Waals surface area contributed by atoms with Crippen molar-refractivity contribution in [3.05, 3.63) is 60.2 Å². The van der Waals surface area contributed by atoms with Crippen LogP contribution in [0.1, 0.15) is 5.56 Å².